The fourth-order valence-corrected chi connectivity index (χ4v) is 2.20. The second kappa shape index (κ2) is 4.53. The summed E-state index contributed by atoms with van der Waals surface area (Å²) >= 11 is 0. The monoisotopic (exact) mass is 207 g/mol. The molecule has 2 atom stereocenters. The van der Waals surface area contributed by atoms with Crippen LogP contribution in [-0.4, -0.2) is 42.7 Å². The zero-order chi connectivity index (χ0) is 10.8. The van der Waals surface area contributed by atoms with Crippen LogP contribution in [0.2, 0.25) is 0 Å². The summed E-state index contributed by atoms with van der Waals surface area (Å²) in [6.45, 7) is 2.57. The van der Waals surface area contributed by atoms with Gasteiger partial charge in [-0.2, -0.15) is 0 Å². The lowest BCUT2D eigenvalue weighted by atomic mass is 9.82. The molecule has 1 aliphatic rings. The summed E-state index contributed by atoms with van der Waals surface area (Å²) in [6.07, 6.45) is 0.678. The van der Waals surface area contributed by atoms with E-state index >= 15 is 0 Å². The third-order valence-corrected chi connectivity index (χ3v) is 2.95. The molecule has 2 nitrogen and oxygen atoms in total. The first kappa shape index (κ1) is 11.9. The number of rotatable bonds is 3. The maximum Gasteiger partial charge on any atom is 0.245 e. The van der Waals surface area contributed by atoms with Gasteiger partial charge in [-0.15, -0.1) is 0 Å². The fourth-order valence-electron chi connectivity index (χ4n) is 2.20. The minimum absolute atomic E-state index is 0.0135. The average molecular weight is 207 g/mol. The Morgan fingerprint density at radius 1 is 1.43 bits per heavy atom. The second-order valence-corrected chi connectivity index (χ2v) is 4.53. The fraction of sp³-hybridized carbons (Fsp3) is 1.00. The predicted octanol–water partition coefficient (Wildman–Crippen LogP) is 1.59. The molecule has 0 aromatic carbocycles. The summed E-state index contributed by atoms with van der Waals surface area (Å²) in [5, 5.41) is 9.10. The molecule has 0 aromatic rings. The van der Waals surface area contributed by atoms with Gasteiger partial charge in [-0.05, 0) is 38.8 Å². The van der Waals surface area contributed by atoms with Gasteiger partial charge in [0, 0.05) is 19.6 Å². The highest BCUT2D eigenvalue weighted by atomic mass is 19.3. The maximum atomic E-state index is 12.8. The van der Waals surface area contributed by atoms with Gasteiger partial charge in [0.15, 0.2) is 0 Å². The largest absolute Gasteiger partial charge is 0.396 e. The van der Waals surface area contributed by atoms with E-state index in [9.17, 15) is 8.78 Å². The lowest BCUT2D eigenvalue weighted by molar-refractivity contribution is -0.0322. The molecular weight excluding hydrogens is 188 g/mol. The van der Waals surface area contributed by atoms with E-state index in [1.165, 1.54) is 0 Å². The molecule has 1 aliphatic heterocycles. The molecular formula is C10H19F2NO. The Hall–Kier alpha value is -0.220. The molecule has 1 heterocycles. The lowest BCUT2D eigenvalue weighted by Gasteiger charge is -2.36. The Kier molecular flexibility index (Phi) is 3.84. The molecule has 1 saturated heterocycles. The number of aliphatic hydroxyl groups is 1. The van der Waals surface area contributed by atoms with Gasteiger partial charge in [-0.1, -0.05) is 0 Å². The van der Waals surface area contributed by atoms with Crippen molar-refractivity contribution in [2.45, 2.75) is 25.7 Å². The summed E-state index contributed by atoms with van der Waals surface area (Å²) in [5.41, 5.74) is 0. The van der Waals surface area contributed by atoms with Gasteiger partial charge >= 0.3 is 0 Å². The molecule has 4 heteroatoms. The van der Waals surface area contributed by atoms with Crippen molar-refractivity contribution in [2.75, 3.05) is 26.7 Å². The highest BCUT2D eigenvalue weighted by Gasteiger charge is 2.34. The molecule has 0 saturated carbocycles. The number of halogens is 2. The number of piperidine rings is 1. The molecule has 1 rings (SSSR count). The van der Waals surface area contributed by atoms with Crippen LogP contribution in [0.3, 0.4) is 0 Å². The summed E-state index contributed by atoms with van der Waals surface area (Å²) in [7, 11) is 1.96. The summed E-state index contributed by atoms with van der Waals surface area (Å²) < 4.78 is 25.6. The second-order valence-electron chi connectivity index (χ2n) is 4.53. The van der Waals surface area contributed by atoms with Gasteiger partial charge < -0.3 is 10.0 Å². The van der Waals surface area contributed by atoms with Crippen molar-refractivity contribution < 1.29 is 13.9 Å². The average Bonchev–Trinajstić information content (AvgIpc) is 2.06. The van der Waals surface area contributed by atoms with E-state index in [2.05, 4.69) is 4.90 Å². The lowest BCUT2D eigenvalue weighted by Crippen LogP contribution is -2.41. The molecule has 0 bridgehead atoms. The van der Waals surface area contributed by atoms with Gasteiger partial charge in [0.05, 0.1) is 0 Å². The number of alkyl halides is 2. The standard InChI is InChI=1S/C10H19F2NO/c1-10(11,12)5-8-3-4-13(2)6-9(8)7-14/h8-9,14H,3-7H2,1-2H3. The van der Waals surface area contributed by atoms with Crippen molar-refractivity contribution in [2.24, 2.45) is 11.8 Å². The molecule has 0 aliphatic carbocycles. The highest BCUT2D eigenvalue weighted by molar-refractivity contribution is 4.81. The molecule has 1 fully saturated rings. The number of hydrogen-bond acceptors (Lipinski definition) is 2. The van der Waals surface area contributed by atoms with Gasteiger partial charge in [0.1, 0.15) is 0 Å². The molecule has 14 heavy (non-hydrogen) atoms. The van der Waals surface area contributed by atoms with E-state index in [-0.39, 0.29) is 24.9 Å². The van der Waals surface area contributed by atoms with E-state index in [4.69, 9.17) is 5.11 Å². The molecule has 0 spiro atoms. The van der Waals surface area contributed by atoms with Gasteiger partial charge in [0.25, 0.3) is 0 Å². The molecule has 0 amide bonds. The van der Waals surface area contributed by atoms with Crippen molar-refractivity contribution in [1.29, 1.82) is 0 Å². The van der Waals surface area contributed by atoms with Crippen molar-refractivity contribution in [1.82, 2.24) is 4.90 Å². The minimum Gasteiger partial charge on any atom is -0.396 e. The molecule has 1 N–H and O–H groups in total. The van der Waals surface area contributed by atoms with Crippen LogP contribution in [0.4, 0.5) is 8.78 Å². The number of nitrogens with zero attached hydrogens (tertiary/aromatic N) is 1. The molecule has 0 radical (unpaired) electrons. The van der Waals surface area contributed by atoms with Crippen molar-refractivity contribution in [3.8, 4) is 0 Å². The Labute approximate surface area is 83.9 Å². The van der Waals surface area contributed by atoms with E-state index < -0.39 is 5.92 Å². The van der Waals surface area contributed by atoms with Crippen LogP contribution in [0.5, 0.6) is 0 Å². The highest BCUT2D eigenvalue weighted by Crippen LogP contribution is 2.32. The maximum absolute atomic E-state index is 12.8. The summed E-state index contributed by atoms with van der Waals surface area (Å²) in [5.74, 6) is -2.62. The number of aliphatic hydroxyl groups excluding tert-OH is 1. The Balaban J connectivity index is 2.50. The van der Waals surface area contributed by atoms with E-state index in [1.54, 1.807) is 0 Å². The summed E-state index contributed by atoms with van der Waals surface area (Å²) in [4.78, 5) is 2.09. The first-order valence-corrected chi connectivity index (χ1v) is 5.09. The normalized spacial score (nSPS) is 30.6. The van der Waals surface area contributed by atoms with Crippen molar-refractivity contribution in [3.05, 3.63) is 0 Å². The number of hydrogen-bond donors (Lipinski definition) is 1. The zero-order valence-corrected chi connectivity index (χ0v) is 8.84. The first-order valence-electron chi connectivity index (χ1n) is 5.09. The van der Waals surface area contributed by atoms with Crippen LogP contribution in [0.15, 0.2) is 0 Å². The molecule has 0 aromatic heterocycles. The Morgan fingerprint density at radius 3 is 2.57 bits per heavy atom. The van der Waals surface area contributed by atoms with Crippen molar-refractivity contribution >= 4 is 0 Å². The third-order valence-electron chi connectivity index (χ3n) is 2.95. The van der Waals surface area contributed by atoms with E-state index in [0.29, 0.717) is 0 Å². The number of likely N-dealkylation sites (tertiary alicyclic amines) is 1. The molecule has 2 unspecified atom stereocenters. The zero-order valence-electron chi connectivity index (χ0n) is 8.84. The minimum atomic E-state index is -2.60. The summed E-state index contributed by atoms with van der Waals surface area (Å²) in [6, 6.07) is 0. The van der Waals surface area contributed by atoms with Crippen LogP contribution in [0, 0.1) is 11.8 Å². The van der Waals surface area contributed by atoms with Gasteiger partial charge in [-0.3, -0.25) is 0 Å². The SMILES string of the molecule is CN1CCC(CC(C)(F)F)C(CO)C1. The van der Waals surface area contributed by atoms with Crippen molar-refractivity contribution in [3.63, 3.8) is 0 Å². The van der Waals surface area contributed by atoms with Gasteiger partial charge in [-0.25, -0.2) is 8.78 Å². The first-order chi connectivity index (χ1) is 6.42. The Morgan fingerprint density at radius 2 is 2.07 bits per heavy atom. The van der Waals surface area contributed by atoms with E-state index in [0.717, 1.165) is 26.4 Å². The topological polar surface area (TPSA) is 23.5 Å². The Bertz CT molecular complexity index is 181. The van der Waals surface area contributed by atoms with Crippen LogP contribution < -0.4 is 0 Å². The van der Waals surface area contributed by atoms with Crippen LogP contribution in [0.25, 0.3) is 0 Å². The van der Waals surface area contributed by atoms with Crippen LogP contribution in [0.1, 0.15) is 19.8 Å². The van der Waals surface area contributed by atoms with Crippen LogP contribution in [-0.2, 0) is 0 Å². The smallest absolute Gasteiger partial charge is 0.245 e. The predicted molar refractivity (Wildman–Crippen MR) is 51.4 cm³/mol. The quantitative estimate of drug-likeness (QED) is 0.759. The van der Waals surface area contributed by atoms with Gasteiger partial charge in [0.2, 0.25) is 5.92 Å². The molecule has 84 valence electrons. The van der Waals surface area contributed by atoms with E-state index in [1.807, 2.05) is 7.05 Å². The van der Waals surface area contributed by atoms with Crippen LogP contribution >= 0.6 is 0 Å². The third kappa shape index (κ3) is 3.50.